The van der Waals surface area contributed by atoms with Gasteiger partial charge in [0.25, 0.3) is 0 Å². The van der Waals surface area contributed by atoms with Crippen LogP contribution in [0.5, 0.6) is 0 Å². The Morgan fingerprint density at radius 3 is 2.74 bits per heavy atom. The second-order valence-corrected chi connectivity index (χ2v) is 9.84. The van der Waals surface area contributed by atoms with Gasteiger partial charge in [-0.2, -0.15) is 4.98 Å². The third-order valence-corrected chi connectivity index (χ3v) is 7.44. The molecule has 2 aromatic heterocycles. The molecule has 1 aliphatic rings. The molecule has 178 valence electrons. The normalized spacial score (nSPS) is 15.5. The fraction of sp³-hybridized carbons (Fsp3) is 0.400. The lowest BCUT2D eigenvalue weighted by atomic mass is 10.0. The zero-order valence-corrected chi connectivity index (χ0v) is 19.7. The highest BCUT2D eigenvalue weighted by Crippen LogP contribution is 2.30. The Morgan fingerprint density at radius 1 is 1.15 bits per heavy atom. The first kappa shape index (κ1) is 23.0. The lowest BCUT2D eigenvalue weighted by Gasteiger charge is -2.28. The first-order chi connectivity index (χ1) is 16.5. The standard InChI is InChI=1S/C25H27F2N5OS/c26-18-8-11-31(12-9-18)10-2-1-3-22(33)17-5-7-21-23(14-17)34-25-29-24(30-32(21)25)19-6-4-16(15-28)13-20(19)27/h4-7,13-14,18H,1-3,8-12,15,28H2. The van der Waals surface area contributed by atoms with E-state index in [1.807, 2.05) is 18.2 Å². The molecule has 0 bridgehead atoms. The van der Waals surface area contributed by atoms with Crippen molar-refractivity contribution in [1.82, 2.24) is 19.5 Å². The number of thiazole rings is 1. The Labute approximate surface area is 200 Å². The number of hydrogen-bond donors (Lipinski definition) is 1. The number of alkyl halides is 1. The summed E-state index contributed by atoms with van der Waals surface area (Å²) in [7, 11) is 0. The number of fused-ring (bicyclic) bond motifs is 3. The summed E-state index contributed by atoms with van der Waals surface area (Å²) in [6.45, 7) is 2.82. The number of aromatic nitrogens is 3. The molecule has 2 N–H and O–H groups in total. The molecule has 2 aromatic carbocycles. The molecule has 4 aromatic rings. The molecule has 5 rings (SSSR count). The zero-order valence-electron chi connectivity index (χ0n) is 18.8. The number of rotatable bonds is 8. The Balaban J connectivity index is 1.25. The van der Waals surface area contributed by atoms with E-state index >= 15 is 0 Å². The number of likely N-dealkylation sites (tertiary alicyclic amines) is 1. The molecule has 0 atom stereocenters. The lowest BCUT2D eigenvalue weighted by molar-refractivity contribution is 0.0976. The maximum Gasteiger partial charge on any atom is 0.213 e. The first-order valence-corrected chi connectivity index (χ1v) is 12.5. The van der Waals surface area contributed by atoms with Crippen LogP contribution < -0.4 is 5.73 Å². The Morgan fingerprint density at radius 2 is 1.97 bits per heavy atom. The fourth-order valence-corrected chi connectivity index (χ4v) is 5.43. The second-order valence-electron chi connectivity index (χ2n) is 8.83. The van der Waals surface area contributed by atoms with Crippen LogP contribution in [0.3, 0.4) is 0 Å². The van der Waals surface area contributed by atoms with E-state index in [2.05, 4.69) is 15.0 Å². The Kier molecular flexibility index (Phi) is 6.67. The van der Waals surface area contributed by atoms with Crippen LogP contribution in [0.1, 0.15) is 48.0 Å². The predicted octanol–water partition coefficient (Wildman–Crippen LogP) is 5.00. The summed E-state index contributed by atoms with van der Waals surface area (Å²) in [5, 5.41) is 4.50. The van der Waals surface area contributed by atoms with Crippen LogP contribution in [0.4, 0.5) is 8.78 Å². The number of hydrogen-bond acceptors (Lipinski definition) is 6. The molecule has 1 saturated heterocycles. The van der Waals surface area contributed by atoms with E-state index in [1.54, 1.807) is 16.6 Å². The molecule has 3 heterocycles. The predicted molar refractivity (Wildman–Crippen MR) is 130 cm³/mol. The first-order valence-electron chi connectivity index (χ1n) is 11.7. The van der Waals surface area contributed by atoms with Crippen molar-refractivity contribution >= 4 is 32.3 Å². The van der Waals surface area contributed by atoms with Gasteiger partial charge in [-0.25, -0.2) is 13.3 Å². The molecule has 9 heteroatoms. The van der Waals surface area contributed by atoms with Crippen molar-refractivity contribution in [1.29, 1.82) is 0 Å². The van der Waals surface area contributed by atoms with Crippen LogP contribution >= 0.6 is 11.3 Å². The summed E-state index contributed by atoms with van der Waals surface area (Å²) in [5.41, 5.74) is 8.15. The van der Waals surface area contributed by atoms with Crippen LogP contribution in [-0.2, 0) is 6.54 Å². The SMILES string of the molecule is NCc1ccc(-c2nc3sc4cc(C(=O)CCCCN5CCC(F)CC5)ccc4n3n2)c(F)c1. The monoisotopic (exact) mass is 483 g/mol. The minimum absolute atomic E-state index is 0.117. The molecule has 0 radical (unpaired) electrons. The van der Waals surface area contributed by atoms with Gasteiger partial charge in [-0.1, -0.05) is 17.4 Å². The van der Waals surface area contributed by atoms with Gasteiger partial charge < -0.3 is 10.6 Å². The average Bonchev–Trinajstić information content (AvgIpc) is 3.40. The minimum atomic E-state index is -0.654. The van der Waals surface area contributed by atoms with E-state index in [1.165, 1.54) is 17.4 Å². The largest absolute Gasteiger partial charge is 0.326 e. The van der Waals surface area contributed by atoms with Crippen molar-refractivity contribution in [3.63, 3.8) is 0 Å². The van der Waals surface area contributed by atoms with Crippen LogP contribution in [0.15, 0.2) is 36.4 Å². The van der Waals surface area contributed by atoms with Crippen molar-refractivity contribution in [2.24, 2.45) is 5.73 Å². The summed E-state index contributed by atoms with van der Waals surface area (Å²) < 4.78 is 30.3. The molecule has 0 unspecified atom stereocenters. The number of unbranched alkanes of at least 4 members (excludes halogenated alkanes) is 1. The second kappa shape index (κ2) is 9.85. The van der Waals surface area contributed by atoms with Gasteiger partial charge in [0.15, 0.2) is 11.6 Å². The van der Waals surface area contributed by atoms with Crippen molar-refractivity contribution in [2.75, 3.05) is 19.6 Å². The van der Waals surface area contributed by atoms with E-state index in [4.69, 9.17) is 5.73 Å². The van der Waals surface area contributed by atoms with E-state index < -0.39 is 12.0 Å². The van der Waals surface area contributed by atoms with Crippen molar-refractivity contribution in [3.8, 4) is 11.4 Å². The number of piperidine rings is 1. The van der Waals surface area contributed by atoms with Crippen LogP contribution in [-0.4, -0.2) is 51.1 Å². The number of carbonyl (C=O) groups is 1. The minimum Gasteiger partial charge on any atom is -0.326 e. The van der Waals surface area contributed by atoms with Crippen molar-refractivity contribution in [3.05, 3.63) is 53.3 Å². The summed E-state index contributed by atoms with van der Waals surface area (Å²) in [4.78, 5) is 20.2. The fourth-order valence-electron chi connectivity index (χ4n) is 4.43. The number of benzene rings is 2. The highest BCUT2D eigenvalue weighted by molar-refractivity contribution is 7.23. The third-order valence-electron chi connectivity index (χ3n) is 6.44. The summed E-state index contributed by atoms with van der Waals surface area (Å²) in [6, 6.07) is 10.4. The van der Waals surface area contributed by atoms with Crippen LogP contribution in [0, 0.1) is 5.82 Å². The van der Waals surface area contributed by atoms with E-state index in [-0.39, 0.29) is 12.3 Å². The number of carbonyl (C=O) groups excluding carboxylic acids is 1. The Hall–Kier alpha value is -2.75. The molecule has 0 amide bonds. The summed E-state index contributed by atoms with van der Waals surface area (Å²) in [5.74, 6) is 0.0431. The van der Waals surface area contributed by atoms with Crippen LogP contribution in [0.25, 0.3) is 26.6 Å². The molecular weight excluding hydrogens is 456 g/mol. The molecule has 0 spiro atoms. The number of halogens is 2. The van der Waals surface area contributed by atoms with Gasteiger partial charge in [-0.05, 0) is 68.1 Å². The third kappa shape index (κ3) is 4.73. The van der Waals surface area contributed by atoms with E-state index in [0.29, 0.717) is 46.7 Å². The number of ketones is 1. The number of nitrogens with zero attached hydrogens (tertiary/aromatic N) is 4. The van der Waals surface area contributed by atoms with Gasteiger partial charge in [0.05, 0.1) is 15.8 Å². The average molecular weight is 484 g/mol. The summed E-state index contributed by atoms with van der Waals surface area (Å²) >= 11 is 1.43. The van der Waals surface area contributed by atoms with E-state index in [9.17, 15) is 13.6 Å². The molecule has 1 aliphatic heterocycles. The van der Waals surface area contributed by atoms with Crippen LogP contribution in [0.2, 0.25) is 0 Å². The van der Waals surface area contributed by atoms with Gasteiger partial charge in [-0.15, -0.1) is 5.10 Å². The zero-order chi connectivity index (χ0) is 23.7. The van der Waals surface area contributed by atoms with Crippen molar-refractivity contribution in [2.45, 2.75) is 44.8 Å². The smallest absolute Gasteiger partial charge is 0.213 e. The highest BCUT2D eigenvalue weighted by atomic mass is 32.1. The lowest BCUT2D eigenvalue weighted by Crippen LogP contribution is -2.35. The van der Waals surface area contributed by atoms with E-state index in [0.717, 1.165) is 42.7 Å². The highest BCUT2D eigenvalue weighted by Gasteiger charge is 2.19. The molecule has 0 aliphatic carbocycles. The molecule has 34 heavy (non-hydrogen) atoms. The number of nitrogens with two attached hydrogens (primary N) is 1. The van der Waals surface area contributed by atoms with Gasteiger partial charge in [0.1, 0.15) is 12.0 Å². The molecule has 1 fully saturated rings. The topological polar surface area (TPSA) is 76.5 Å². The summed E-state index contributed by atoms with van der Waals surface area (Å²) in [6.07, 6.45) is 2.84. The maximum absolute atomic E-state index is 14.5. The molecule has 0 saturated carbocycles. The molecular formula is C25H27F2N5OS. The van der Waals surface area contributed by atoms with Gasteiger partial charge in [0, 0.05) is 31.6 Å². The Bertz CT molecular complexity index is 1330. The van der Waals surface area contributed by atoms with Gasteiger partial charge >= 0.3 is 0 Å². The quantitative estimate of drug-likeness (QED) is 0.282. The van der Waals surface area contributed by atoms with Crippen molar-refractivity contribution < 1.29 is 13.6 Å². The number of Topliss-reactive ketones (excluding diaryl/α,β-unsaturated/α-hetero) is 1. The molecule has 6 nitrogen and oxygen atoms in total. The maximum atomic E-state index is 14.5. The van der Waals surface area contributed by atoms with Gasteiger partial charge in [0.2, 0.25) is 4.96 Å². The van der Waals surface area contributed by atoms with Gasteiger partial charge in [-0.3, -0.25) is 4.79 Å².